The Morgan fingerprint density at radius 2 is 2.11 bits per heavy atom. The molecule has 2 N–H and O–H groups in total. The highest BCUT2D eigenvalue weighted by molar-refractivity contribution is 5.79. The van der Waals surface area contributed by atoms with Gasteiger partial charge >= 0.3 is 0 Å². The molecule has 0 saturated carbocycles. The molecular weight excluding hydrogens is 236 g/mol. The third-order valence-electron chi connectivity index (χ3n) is 3.39. The monoisotopic (exact) mass is 258 g/mol. The van der Waals surface area contributed by atoms with E-state index in [4.69, 9.17) is 0 Å². The Hall–Kier alpha value is -1.45. The highest BCUT2D eigenvalue weighted by atomic mass is 16.3. The smallest absolute Gasteiger partial charge is 0.0880 e. The fraction of sp³-hybridized carbons (Fsp3) is 0.438. The topological polar surface area (TPSA) is 45.1 Å². The van der Waals surface area contributed by atoms with Crippen LogP contribution in [0.5, 0.6) is 0 Å². The Kier molecular flexibility index (Phi) is 4.17. The Balaban J connectivity index is 2.17. The maximum Gasteiger partial charge on any atom is 0.0880 e. The third-order valence-corrected chi connectivity index (χ3v) is 3.39. The van der Waals surface area contributed by atoms with Gasteiger partial charge in [-0.25, -0.2) is 0 Å². The normalized spacial score (nSPS) is 14.8. The zero-order valence-corrected chi connectivity index (χ0v) is 11.9. The van der Waals surface area contributed by atoms with Crippen molar-refractivity contribution in [2.24, 2.45) is 0 Å². The van der Waals surface area contributed by atoms with Crippen molar-refractivity contribution in [3.8, 4) is 0 Å². The zero-order chi connectivity index (χ0) is 13.9. The van der Waals surface area contributed by atoms with Gasteiger partial charge in [-0.1, -0.05) is 26.0 Å². The van der Waals surface area contributed by atoms with Crippen molar-refractivity contribution in [3.05, 3.63) is 42.1 Å². The zero-order valence-electron chi connectivity index (χ0n) is 11.9. The van der Waals surface area contributed by atoms with E-state index in [-0.39, 0.29) is 0 Å². The molecule has 2 rings (SSSR count). The molecule has 0 amide bonds. The average molecular weight is 258 g/mol. The van der Waals surface area contributed by atoms with Gasteiger partial charge in [0.1, 0.15) is 0 Å². The lowest BCUT2D eigenvalue weighted by Crippen LogP contribution is -2.31. The van der Waals surface area contributed by atoms with Crippen LogP contribution in [0.15, 0.2) is 36.5 Å². The van der Waals surface area contributed by atoms with E-state index < -0.39 is 5.60 Å². The van der Waals surface area contributed by atoms with Gasteiger partial charge in [0.15, 0.2) is 0 Å². The molecule has 102 valence electrons. The Morgan fingerprint density at radius 3 is 2.84 bits per heavy atom. The van der Waals surface area contributed by atoms with Crippen LogP contribution in [0.4, 0.5) is 0 Å². The molecule has 0 spiro atoms. The molecule has 1 aromatic heterocycles. The standard InChI is InChI=1S/C16H22N2O/c1-12(2)17-10-8-16(3,19)14-6-7-15-13(11-14)5-4-9-18-15/h4-7,9,11-12,17,19H,8,10H2,1-3H3. The van der Waals surface area contributed by atoms with Crippen molar-refractivity contribution in [1.29, 1.82) is 0 Å². The van der Waals surface area contributed by atoms with Crippen LogP contribution in [0.2, 0.25) is 0 Å². The summed E-state index contributed by atoms with van der Waals surface area (Å²) >= 11 is 0. The molecule has 0 aliphatic carbocycles. The molecule has 1 heterocycles. The highest BCUT2D eigenvalue weighted by Gasteiger charge is 2.22. The number of pyridine rings is 1. The molecule has 0 aliphatic rings. The Morgan fingerprint density at radius 1 is 1.32 bits per heavy atom. The number of fused-ring (bicyclic) bond motifs is 1. The quantitative estimate of drug-likeness (QED) is 0.867. The molecular formula is C16H22N2O. The van der Waals surface area contributed by atoms with Crippen molar-refractivity contribution >= 4 is 10.9 Å². The van der Waals surface area contributed by atoms with E-state index in [2.05, 4.69) is 24.1 Å². The van der Waals surface area contributed by atoms with E-state index in [9.17, 15) is 5.11 Å². The molecule has 0 fully saturated rings. The van der Waals surface area contributed by atoms with Crippen LogP contribution in [0.25, 0.3) is 10.9 Å². The minimum absolute atomic E-state index is 0.441. The van der Waals surface area contributed by atoms with Crippen molar-refractivity contribution in [1.82, 2.24) is 10.3 Å². The van der Waals surface area contributed by atoms with Gasteiger partial charge < -0.3 is 10.4 Å². The lowest BCUT2D eigenvalue weighted by atomic mass is 9.91. The van der Waals surface area contributed by atoms with Crippen molar-refractivity contribution < 1.29 is 5.11 Å². The molecule has 1 unspecified atom stereocenters. The van der Waals surface area contributed by atoms with Crippen molar-refractivity contribution in [3.63, 3.8) is 0 Å². The summed E-state index contributed by atoms with van der Waals surface area (Å²) in [5, 5.41) is 15.0. The summed E-state index contributed by atoms with van der Waals surface area (Å²) in [6.45, 7) is 6.88. The van der Waals surface area contributed by atoms with E-state index in [1.807, 2.05) is 37.3 Å². The van der Waals surface area contributed by atoms with Crippen LogP contribution in [0, 0.1) is 0 Å². The molecule has 1 aromatic carbocycles. The summed E-state index contributed by atoms with van der Waals surface area (Å²) in [5.41, 5.74) is 1.09. The van der Waals surface area contributed by atoms with Gasteiger partial charge in [-0.05, 0) is 43.7 Å². The first-order chi connectivity index (χ1) is 8.99. The molecule has 19 heavy (non-hydrogen) atoms. The number of aromatic nitrogens is 1. The maximum atomic E-state index is 10.6. The van der Waals surface area contributed by atoms with Crippen LogP contribution in [-0.2, 0) is 5.60 Å². The molecule has 0 radical (unpaired) electrons. The van der Waals surface area contributed by atoms with Gasteiger partial charge in [-0.15, -0.1) is 0 Å². The number of nitrogens with one attached hydrogen (secondary N) is 1. The lowest BCUT2D eigenvalue weighted by molar-refractivity contribution is 0.0477. The van der Waals surface area contributed by atoms with Crippen LogP contribution in [0.3, 0.4) is 0 Å². The minimum Gasteiger partial charge on any atom is -0.385 e. The van der Waals surface area contributed by atoms with Gasteiger partial charge in [0.25, 0.3) is 0 Å². The van der Waals surface area contributed by atoms with E-state index in [0.717, 1.165) is 23.0 Å². The van der Waals surface area contributed by atoms with Gasteiger partial charge in [-0.3, -0.25) is 4.98 Å². The third kappa shape index (κ3) is 3.52. The predicted molar refractivity (Wildman–Crippen MR) is 79.1 cm³/mol. The number of rotatable bonds is 5. The van der Waals surface area contributed by atoms with E-state index >= 15 is 0 Å². The van der Waals surface area contributed by atoms with Crippen molar-refractivity contribution in [2.45, 2.75) is 38.8 Å². The molecule has 0 bridgehead atoms. The first-order valence-corrected chi connectivity index (χ1v) is 6.80. The first-order valence-electron chi connectivity index (χ1n) is 6.80. The Bertz CT molecular complexity index is 549. The first kappa shape index (κ1) is 14.0. The summed E-state index contributed by atoms with van der Waals surface area (Å²) in [4.78, 5) is 4.30. The van der Waals surface area contributed by atoms with Crippen LogP contribution < -0.4 is 5.32 Å². The maximum absolute atomic E-state index is 10.6. The van der Waals surface area contributed by atoms with Crippen LogP contribution in [-0.4, -0.2) is 22.7 Å². The number of hydrogen-bond acceptors (Lipinski definition) is 3. The Labute approximate surface area is 114 Å². The summed E-state index contributed by atoms with van der Waals surface area (Å²) in [6, 6.07) is 10.3. The number of aliphatic hydroxyl groups is 1. The van der Waals surface area contributed by atoms with Crippen LogP contribution >= 0.6 is 0 Å². The molecule has 3 nitrogen and oxygen atoms in total. The highest BCUT2D eigenvalue weighted by Crippen LogP contribution is 2.26. The summed E-state index contributed by atoms with van der Waals surface area (Å²) in [6.07, 6.45) is 2.48. The lowest BCUT2D eigenvalue weighted by Gasteiger charge is -2.25. The summed E-state index contributed by atoms with van der Waals surface area (Å²) in [7, 11) is 0. The minimum atomic E-state index is -0.814. The SMILES string of the molecule is CC(C)NCCC(C)(O)c1ccc2ncccc2c1. The molecule has 0 saturated heterocycles. The van der Waals surface area contributed by atoms with Crippen molar-refractivity contribution in [2.75, 3.05) is 6.54 Å². The van der Waals surface area contributed by atoms with Crippen LogP contribution in [0.1, 0.15) is 32.8 Å². The molecule has 2 aromatic rings. The van der Waals surface area contributed by atoms with Gasteiger partial charge in [0.2, 0.25) is 0 Å². The largest absolute Gasteiger partial charge is 0.385 e. The molecule has 1 atom stereocenters. The average Bonchev–Trinajstić information content (AvgIpc) is 2.37. The van der Waals surface area contributed by atoms with Gasteiger partial charge in [0.05, 0.1) is 11.1 Å². The van der Waals surface area contributed by atoms with E-state index in [1.165, 1.54) is 0 Å². The van der Waals surface area contributed by atoms with Gasteiger partial charge in [-0.2, -0.15) is 0 Å². The second kappa shape index (κ2) is 5.68. The summed E-state index contributed by atoms with van der Waals surface area (Å²) < 4.78 is 0. The molecule has 0 aliphatic heterocycles. The predicted octanol–water partition coefficient (Wildman–Crippen LogP) is 2.83. The second-order valence-electron chi connectivity index (χ2n) is 5.54. The van der Waals surface area contributed by atoms with Gasteiger partial charge in [0, 0.05) is 17.6 Å². The van der Waals surface area contributed by atoms with E-state index in [1.54, 1.807) is 6.20 Å². The number of hydrogen-bond donors (Lipinski definition) is 2. The number of nitrogens with zero attached hydrogens (tertiary/aromatic N) is 1. The summed E-state index contributed by atoms with van der Waals surface area (Å²) in [5.74, 6) is 0. The molecule has 3 heteroatoms. The van der Waals surface area contributed by atoms with E-state index in [0.29, 0.717) is 12.5 Å². The fourth-order valence-corrected chi connectivity index (χ4v) is 2.16. The number of benzene rings is 1. The second-order valence-corrected chi connectivity index (χ2v) is 5.54. The fourth-order valence-electron chi connectivity index (χ4n) is 2.16.